The number of carbonyl (C=O) groups is 2. The molecule has 4 N–H and O–H groups in total. The summed E-state index contributed by atoms with van der Waals surface area (Å²) < 4.78 is 0. The molecule has 1 aromatic rings. The molecular weight excluding hydrogens is 256 g/mol. The number of hydrogen-bond acceptors (Lipinski definition) is 4. The van der Waals surface area contributed by atoms with Crippen LogP contribution in [0.2, 0.25) is 0 Å². The van der Waals surface area contributed by atoms with Crippen LogP contribution in [0, 0.1) is 0 Å². The Morgan fingerprint density at radius 2 is 1.85 bits per heavy atom. The van der Waals surface area contributed by atoms with Crippen molar-refractivity contribution >= 4 is 23.2 Å². The Labute approximate surface area is 119 Å². The predicted octanol–water partition coefficient (Wildman–Crippen LogP) is 0.591. The first-order chi connectivity index (χ1) is 9.49. The normalized spacial score (nSPS) is 9.95. The largest absolute Gasteiger partial charge is 0.397 e. The highest BCUT2D eigenvalue weighted by atomic mass is 16.2. The molecule has 0 fully saturated rings. The van der Waals surface area contributed by atoms with Gasteiger partial charge in [-0.05, 0) is 32.0 Å². The summed E-state index contributed by atoms with van der Waals surface area (Å²) in [5.74, 6) is -0.223. The second kappa shape index (κ2) is 7.37. The fraction of sp³-hybridized carbons (Fsp3) is 0.429. The molecule has 110 valence electrons. The van der Waals surface area contributed by atoms with Gasteiger partial charge in [0.05, 0.1) is 17.9 Å². The van der Waals surface area contributed by atoms with E-state index in [0.717, 1.165) is 5.69 Å². The Morgan fingerprint density at radius 3 is 2.40 bits per heavy atom. The number of nitrogens with zero attached hydrogens (tertiary/aromatic N) is 1. The fourth-order valence-electron chi connectivity index (χ4n) is 1.86. The van der Waals surface area contributed by atoms with Gasteiger partial charge >= 0.3 is 0 Å². The summed E-state index contributed by atoms with van der Waals surface area (Å²) in [4.78, 5) is 25.0. The molecule has 0 spiro atoms. The lowest BCUT2D eigenvalue weighted by Gasteiger charge is -2.20. The van der Waals surface area contributed by atoms with Crippen LogP contribution in [0.3, 0.4) is 0 Å². The van der Waals surface area contributed by atoms with E-state index in [2.05, 4.69) is 10.6 Å². The molecule has 2 amide bonds. The Kier molecular flexibility index (Phi) is 5.83. The number of rotatable bonds is 6. The van der Waals surface area contributed by atoms with E-state index in [1.807, 2.05) is 13.8 Å². The van der Waals surface area contributed by atoms with Crippen molar-refractivity contribution in [1.29, 1.82) is 0 Å². The van der Waals surface area contributed by atoms with Crippen LogP contribution in [-0.2, 0) is 4.79 Å². The molecular formula is C14H22N4O2. The molecule has 1 aromatic carbocycles. The lowest BCUT2D eigenvalue weighted by Crippen LogP contribution is -2.35. The van der Waals surface area contributed by atoms with Crippen LogP contribution < -0.4 is 21.3 Å². The minimum absolute atomic E-state index is 0.0674. The second-order valence-corrected chi connectivity index (χ2v) is 4.44. The first-order valence-corrected chi connectivity index (χ1v) is 6.65. The summed E-state index contributed by atoms with van der Waals surface area (Å²) in [5, 5.41) is 5.44. The molecule has 1 rings (SSSR count). The van der Waals surface area contributed by atoms with Crippen molar-refractivity contribution in [3.8, 4) is 0 Å². The Morgan fingerprint density at radius 1 is 1.20 bits per heavy atom. The third-order valence-electron chi connectivity index (χ3n) is 2.79. The van der Waals surface area contributed by atoms with Crippen molar-refractivity contribution in [2.24, 2.45) is 0 Å². The first-order valence-electron chi connectivity index (χ1n) is 6.65. The van der Waals surface area contributed by atoms with Gasteiger partial charge in [0, 0.05) is 25.7 Å². The van der Waals surface area contributed by atoms with E-state index in [-0.39, 0.29) is 18.4 Å². The minimum atomic E-state index is -0.155. The van der Waals surface area contributed by atoms with Gasteiger partial charge in [-0.25, -0.2) is 0 Å². The van der Waals surface area contributed by atoms with Crippen molar-refractivity contribution in [2.45, 2.75) is 13.8 Å². The zero-order valence-electron chi connectivity index (χ0n) is 12.2. The summed E-state index contributed by atoms with van der Waals surface area (Å²) in [6.07, 6.45) is 0. The number of benzene rings is 1. The highest BCUT2D eigenvalue weighted by Crippen LogP contribution is 2.23. The summed E-state index contributed by atoms with van der Waals surface area (Å²) in [6.45, 7) is 5.11. The maximum Gasteiger partial charge on any atom is 0.251 e. The summed E-state index contributed by atoms with van der Waals surface area (Å²) in [6, 6.07) is 5.07. The fourth-order valence-corrected chi connectivity index (χ4v) is 1.86. The summed E-state index contributed by atoms with van der Waals surface area (Å²) in [7, 11) is 1.78. The first kappa shape index (κ1) is 15.8. The summed E-state index contributed by atoms with van der Waals surface area (Å²) >= 11 is 0. The maximum absolute atomic E-state index is 11.7. The smallest absolute Gasteiger partial charge is 0.251 e. The number of nitrogens with one attached hydrogen (secondary N) is 2. The molecule has 0 atom stereocenters. The van der Waals surface area contributed by atoms with Gasteiger partial charge in [-0.2, -0.15) is 0 Å². The lowest BCUT2D eigenvalue weighted by molar-refractivity contribution is -0.119. The van der Waals surface area contributed by atoms with E-state index in [1.165, 1.54) is 0 Å². The minimum Gasteiger partial charge on any atom is -0.397 e. The summed E-state index contributed by atoms with van der Waals surface area (Å²) in [5.41, 5.74) is 7.66. The van der Waals surface area contributed by atoms with E-state index >= 15 is 0 Å². The van der Waals surface area contributed by atoms with Gasteiger partial charge in [-0.3, -0.25) is 9.59 Å². The molecule has 6 nitrogen and oxygen atoms in total. The van der Waals surface area contributed by atoms with Gasteiger partial charge in [-0.15, -0.1) is 0 Å². The monoisotopic (exact) mass is 278 g/mol. The lowest BCUT2D eigenvalue weighted by atomic mass is 10.1. The third kappa shape index (κ3) is 4.15. The van der Waals surface area contributed by atoms with Gasteiger partial charge < -0.3 is 21.3 Å². The van der Waals surface area contributed by atoms with Crippen molar-refractivity contribution in [2.75, 3.05) is 37.3 Å². The quantitative estimate of drug-likeness (QED) is 0.665. The third-order valence-corrected chi connectivity index (χ3v) is 2.79. The zero-order valence-corrected chi connectivity index (χ0v) is 12.2. The molecule has 0 unspecified atom stereocenters. The van der Waals surface area contributed by atoms with Crippen LogP contribution >= 0.6 is 0 Å². The van der Waals surface area contributed by atoms with Crippen LogP contribution in [0.5, 0.6) is 0 Å². The van der Waals surface area contributed by atoms with Crippen LogP contribution in [-0.4, -0.2) is 38.5 Å². The Balaban J connectivity index is 2.82. The van der Waals surface area contributed by atoms with E-state index < -0.39 is 0 Å². The predicted molar refractivity (Wildman–Crippen MR) is 80.8 cm³/mol. The van der Waals surface area contributed by atoms with Crippen molar-refractivity contribution in [3.63, 3.8) is 0 Å². The van der Waals surface area contributed by atoms with Gasteiger partial charge in [0.25, 0.3) is 5.91 Å². The van der Waals surface area contributed by atoms with Crippen molar-refractivity contribution in [3.05, 3.63) is 23.8 Å². The van der Waals surface area contributed by atoms with E-state index in [4.69, 9.17) is 5.73 Å². The SMILES string of the molecule is CCNC(=O)CN(C)c1ccc(C(=O)NCC)cc1N. The molecule has 0 aromatic heterocycles. The van der Waals surface area contributed by atoms with Gasteiger partial charge in [0.15, 0.2) is 0 Å². The highest BCUT2D eigenvalue weighted by molar-refractivity contribution is 5.96. The van der Waals surface area contributed by atoms with Gasteiger partial charge in [0.2, 0.25) is 5.91 Å². The standard InChI is InChI=1S/C14H22N4O2/c1-4-16-13(19)9-18(3)12-7-6-10(8-11(12)15)14(20)17-5-2/h6-8H,4-5,9,15H2,1-3H3,(H,16,19)(H,17,20). The average Bonchev–Trinajstić information content (AvgIpc) is 2.38. The molecule has 0 saturated carbocycles. The number of nitrogens with two attached hydrogens (primary N) is 1. The number of likely N-dealkylation sites (N-methyl/N-ethyl adjacent to an activating group) is 2. The number of nitrogen functional groups attached to an aromatic ring is 1. The maximum atomic E-state index is 11.7. The second-order valence-electron chi connectivity index (χ2n) is 4.44. The molecule has 6 heteroatoms. The number of anilines is 2. The zero-order chi connectivity index (χ0) is 15.1. The van der Waals surface area contributed by atoms with E-state index in [1.54, 1.807) is 30.1 Å². The molecule has 0 aliphatic heterocycles. The van der Waals surface area contributed by atoms with Crippen LogP contribution in [0.15, 0.2) is 18.2 Å². The van der Waals surface area contributed by atoms with Gasteiger partial charge in [0.1, 0.15) is 0 Å². The Bertz CT molecular complexity index is 488. The topological polar surface area (TPSA) is 87.5 Å². The molecule has 20 heavy (non-hydrogen) atoms. The molecule has 0 bridgehead atoms. The van der Waals surface area contributed by atoms with Crippen LogP contribution in [0.1, 0.15) is 24.2 Å². The number of amides is 2. The van der Waals surface area contributed by atoms with E-state index in [0.29, 0.717) is 24.3 Å². The molecule has 0 radical (unpaired) electrons. The molecule has 0 aliphatic carbocycles. The Hall–Kier alpha value is -2.24. The van der Waals surface area contributed by atoms with E-state index in [9.17, 15) is 9.59 Å². The van der Waals surface area contributed by atoms with Crippen molar-refractivity contribution in [1.82, 2.24) is 10.6 Å². The number of hydrogen-bond donors (Lipinski definition) is 3. The molecule has 0 saturated heterocycles. The van der Waals surface area contributed by atoms with Crippen molar-refractivity contribution < 1.29 is 9.59 Å². The highest BCUT2D eigenvalue weighted by Gasteiger charge is 2.12. The molecule has 0 aliphatic rings. The van der Waals surface area contributed by atoms with Gasteiger partial charge in [-0.1, -0.05) is 0 Å². The average molecular weight is 278 g/mol. The molecule has 0 heterocycles. The van der Waals surface area contributed by atoms with Crippen LogP contribution in [0.4, 0.5) is 11.4 Å². The van der Waals surface area contributed by atoms with Crippen LogP contribution in [0.25, 0.3) is 0 Å². The number of carbonyl (C=O) groups excluding carboxylic acids is 2.